The molecule has 1 aromatic rings. The SMILES string of the molecule is CC(C)C(NS(=O)(=O)c1ncccc1NN)C(N)=O. The number of carbonyl (C=O) groups is 1. The summed E-state index contributed by atoms with van der Waals surface area (Å²) in [6, 6.07) is 1.97. The van der Waals surface area contributed by atoms with Crippen LogP contribution in [0.25, 0.3) is 0 Å². The molecule has 1 amide bonds. The van der Waals surface area contributed by atoms with E-state index in [1.54, 1.807) is 13.8 Å². The number of hydrogen-bond acceptors (Lipinski definition) is 6. The van der Waals surface area contributed by atoms with Crippen LogP contribution in [0.2, 0.25) is 0 Å². The van der Waals surface area contributed by atoms with Crippen molar-refractivity contribution >= 4 is 21.6 Å². The van der Waals surface area contributed by atoms with Crippen molar-refractivity contribution in [3.8, 4) is 0 Å². The lowest BCUT2D eigenvalue weighted by Gasteiger charge is -2.19. The van der Waals surface area contributed by atoms with Crippen molar-refractivity contribution < 1.29 is 13.2 Å². The summed E-state index contributed by atoms with van der Waals surface area (Å²) in [5, 5.41) is -0.288. The molecular formula is C10H17N5O3S. The number of pyridine rings is 1. The first-order valence-electron chi connectivity index (χ1n) is 5.53. The summed E-state index contributed by atoms with van der Waals surface area (Å²) in [5.41, 5.74) is 7.53. The molecule has 106 valence electrons. The van der Waals surface area contributed by atoms with Crippen LogP contribution in [0.1, 0.15) is 13.8 Å². The number of nitrogens with one attached hydrogen (secondary N) is 2. The number of carbonyl (C=O) groups excluding carboxylic acids is 1. The Morgan fingerprint density at radius 2 is 2.05 bits per heavy atom. The number of anilines is 1. The van der Waals surface area contributed by atoms with Crippen LogP contribution in [0.5, 0.6) is 0 Å². The molecule has 0 radical (unpaired) electrons. The van der Waals surface area contributed by atoms with Crippen molar-refractivity contribution in [1.82, 2.24) is 9.71 Å². The highest BCUT2D eigenvalue weighted by Crippen LogP contribution is 2.17. The molecule has 0 bridgehead atoms. The number of sulfonamides is 1. The molecule has 1 atom stereocenters. The molecule has 1 aromatic heterocycles. The Kier molecular flexibility index (Phi) is 4.81. The van der Waals surface area contributed by atoms with E-state index in [-0.39, 0.29) is 16.6 Å². The van der Waals surface area contributed by atoms with E-state index in [0.717, 1.165) is 0 Å². The van der Waals surface area contributed by atoms with Crippen molar-refractivity contribution in [2.75, 3.05) is 5.43 Å². The van der Waals surface area contributed by atoms with E-state index in [9.17, 15) is 13.2 Å². The monoisotopic (exact) mass is 287 g/mol. The van der Waals surface area contributed by atoms with Gasteiger partial charge in [0.25, 0.3) is 10.0 Å². The van der Waals surface area contributed by atoms with E-state index in [1.807, 2.05) is 0 Å². The Bertz CT molecular complexity index is 558. The molecule has 0 aliphatic carbocycles. The van der Waals surface area contributed by atoms with Crippen molar-refractivity contribution in [3.05, 3.63) is 18.3 Å². The van der Waals surface area contributed by atoms with Gasteiger partial charge in [-0.25, -0.2) is 13.4 Å². The van der Waals surface area contributed by atoms with Gasteiger partial charge >= 0.3 is 0 Å². The van der Waals surface area contributed by atoms with Gasteiger partial charge in [-0.2, -0.15) is 4.72 Å². The van der Waals surface area contributed by atoms with E-state index in [0.29, 0.717) is 0 Å². The van der Waals surface area contributed by atoms with E-state index in [1.165, 1.54) is 18.3 Å². The van der Waals surface area contributed by atoms with Gasteiger partial charge in [-0.15, -0.1) is 0 Å². The number of nitrogen functional groups attached to an aromatic ring is 1. The molecule has 0 aliphatic rings. The summed E-state index contributed by atoms with van der Waals surface area (Å²) in [5.74, 6) is 4.18. The van der Waals surface area contributed by atoms with Crippen LogP contribution < -0.4 is 21.7 Å². The van der Waals surface area contributed by atoms with Gasteiger partial charge in [0.05, 0.1) is 5.69 Å². The van der Waals surface area contributed by atoms with Crippen LogP contribution in [0, 0.1) is 5.92 Å². The van der Waals surface area contributed by atoms with E-state index >= 15 is 0 Å². The number of aromatic nitrogens is 1. The molecule has 0 spiro atoms. The quantitative estimate of drug-likeness (QED) is 0.397. The fourth-order valence-corrected chi connectivity index (χ4v) is 2.91. The van der Waals surface area contributed by atoms with Gasteiger partial charge in [0.15, 0.2) is 5.03 Å². The Morgan fingerprint density at radius 3 is 2.53 bits per heavy atom. The second-order valence-electron chi connectivity index (χ2n) is 4.25. The molecule has 1 heterocycles. The zero-order chi connectivity index (χ0) is 14.6. The number of hydrogen-bond donors (Lipinski definition) is 4. The number of amides is 1. The zero-order valence-electron chi connectivity index (χ0n) is 10.6. The maximum Gasteiger partial charge on any atom is 0.260 e. The second-order valence-corrected chi connectivity index (χ2v) is 5.88. The van der Waals surface area contributed by atoms with Crippen LogP contribution in [0.4, 0.5) is 5.69 Å². The fourth-order valence-electron chi connectivity index (χ4n) is 1.46. The molecule has 19 heavy (non-hydrogen) atoms. The van der Waals surface area contributed by atoms with Crippen LogP contribution in [-0.4, -0.2) is 25.4 Å². The maximum absolute atomic E-state index is 12.2. The predicted molar refractivity (Wildman–Crippen MR) is 70.2 cm³/mol. The first kappa shape index (κ1) is 15.3. The van der Waals surface area contributed by atoms with Gasteiger partial charge < -0.3 is 11.2 Å². The Balaban J connectivity index is 3.14. The zero-order valence-corrected chi connectivity index (χ0v) is 11.4. The van der Waals surface area contributed by atoms with Gasteiger partial charge in [-0.3, -0.25) is 10.6 Å². The molecule has 1 rings (SSSR count). The van der Waals surface area contributed by atoms with Gasteiger partial charge in [0.2, 0.25) is 5.91 Å². The molecule has 0 saturated heterocycles. The number of rotatable bonds is 6. The summed E-state index contributed by atoms with van der Waals surface area (Å²) in [7, 11) is -4.00. The molecule has 9 heteroatoms. The molecule has 8 nitrogen and oxygen atoms in total. The average Bonchev–Trinajstić information content (AvgIpc) is 2.35. The minimum absolute atomic E-state index is 0.127. The minimum Gasteiger partial charge on any atom is -0.368 e. The summed E-state index contributed by atoms with van der Waals surface area (Å²) in [6.07, 6.45) is 1.31. The van der Waals surface area contributed by atoms with Crippen molar-refractivity contribution in [1.29, 1.82) is 0 Å². The van der Waals surface area contributed by atoms with E-state index in [2.05, 4.69) is 15.1 Å². The standard InChI is InChI=1S/C10H17N5O3S/c1-6(2)8(9(11)16)15-19(17,18)10-7(14-12)4-3-5-13-10/h3-6,8,14-15H,12H2,1-2H3,(H2,11,16). The minimum atomic E-state index is -4.00. The molecule has 1 unspecified atom stereocenters. The van der Waals surface area contributed by atoms with Crippen LogP contribution >= 0.6 is 0 Å². The summed E-state index contributed by atoms with van der Waals surface area (Å²) < 4.78 is 26.5. The molecular weight excluding hydrogens is 270 g/mol. The predicted octanol–water partition coefficient (Wildman–Crippen LogP) is -0.845. The highest BCUT2D eigenvalue weighted by atomic mass is 32.2. The molecule has 0 aromatic carbocycles. The average molecular weight is 287 g/mol. The molecule has 0 saturated carbocycles. The molecule has 6 N–H and O–H groups in total. The van der Waals surface area contributed by atoms with Gasteiger partial charge in [-0.1, -0.05) is 13.8 Å². The molecule has 0 aliphatic heterocycles. The number of nitrogens with two attached hydrogens (primary N) is 2. The number of primary amides is 1. The molecule has 0 fully saturated rings. The largest absolute Gasteiger partial charge is 0.368 e. The van der Waals surface area contributed by atoms with Crippen LogP contribution in [-0.2, 0) is 14.8 Å². The maximum atomic E-state index is 12.2. The highest BCUT2D eigenvalue weighted by molar-refractivity contribution is 7.89. The lowest BCUT2D eigenvalue weighted by atomic mass is 10.1. The second kappa shape index (κ2) is 5.95. The third kappa shape index (κ3) is 3.63. The topological polar surface area (TPSA) is 140 Å². The third-order valence-corrected chi connectivity index (χ3v) is 3.84. The van der Waals surface area contributed by atoms with Crippen LogP contribution in [0.3, 0.4) is 0 Å². The number of hydrazine groups is 1. The fraction of sp³-hybridized carbons (Fsp3) is 0.400. The Labute approximate surface area is 111 Å². The van der Waals surface area contributed by atoms with Gasteiger partial charge in [-0.05, 0) is 18.1 Å². The summed E-state index contributed by atoms with van der Waals surface area (Å²) >= 11 is 0. The van der Waals surface area contributed by atoms with E-state index < -0.39 is 22.0 Å². The third-order valence-electron chi connectivity index (χ3n) is 2.44. The van der Waals surface area contributed by atoms with Gasteiger partial charge in [0.1, 0.15) is 6.04 Å². The Hall–Kier alpha value is -1.71. The van der Waals surface area contributed by atoms with Gasteiger partial charge in [0, 0.05) is 6.20 Å². The first-order valence-corrected chi connectivity index (χ1v) is 7.01. The highest BCUT2D eigenvalue weighted by Gasteiger charge is 2.28. The normalized spacial score (nSPS) is 13.3. The van der Waals surface area contributed by atoms with Crippen LogP contribution in [0.15, 0.2) is 23.4 Å². The number of nitrogens with zero attached hydrogens (tertiary/aromatic N) is 1. The smallest absolute Gasteiger partial charge is 0.260 e. The van der Waals surface area contributed by atoms with Crippen molar-refractivity contribution in [3.63, 3.8) is 0 Å². The lowest BCUT2D eigenvalue weighted by molar-refractivity contribution is -0.120. The van der Waals surface area contributed by atoms with Crippen molar-refractivity contribution in [2.24, 2.45) is 17.5 Å². The van der Waals surface area contributed by atoms with Crippen molar-refractivity contribution in [2.45, 2.75) is 24.9 Å². The summed E-state index contributed by atoms with van der Waals surface area (Å²) in [4.78, 5) is 15.0. The first-order chi connectivity index (χ1) is 8.79. The Morgan fingerprint density at radius 1 is 1.42 bits per heavy atom. The van der Waals surface area contributed by atoms with E-state index in [4.69, 9.17) is 11.6 Å². The lowest BCUT2D eigenvalue weighted by Crippen LogP contribution is -2.47. The summed E-state index contributed by atoms with van der Waals surface area (Å²) in [6.45, 7) is 3.36.